The van der Waals surface area contributed by atoms with Gasteiger partial charge in [0.05, 0.1) is 11.3 Å². The van der Waals surface area contributed by atoms with Crippen LogP contribution in [0.2, 0.25) is 0 Å². The third-order valence-corrected chi connectivity index (χ3v) is 6.85. The second-order valence-corrected chi connectivity index (χ2v) is 10.3. The van der Waals surface area contributed by atoms with Gasteiger partial charge in [0.25, 0.3) is 10.0 Å². The number of aryl methyl sites for hydroxylation is 1. The number of carbonyl (C=O) groups excluding carboxylic acids is 1. The maximum absolute atomic E-state index is 14.2. The lowest BCUT2D eigenvalue weighted by atomic mass is 9.96. The van der Waals surface area contributed by atoms with E-state index in [2.05, 4.69) is 9.97 Å². The Kier molecular flexibility index (Phi) is 6.09. The molecule has 11 heteroatoms. The minimum atomic E-state index is -5.01. The van der Waals surface area contributed by atoms with Crippen LogP contribution in [0.15, 0.2) is 59.6 Å². The lowest BCUT2D eigenvalue weighted by molar-refractivity contribution is -0.137. The summed E-state index contributed by atoms with van der Waals surface area (Å²) in [5.74, 6) is -1.62. The lowest BCUT2D eigenvalue weighted by Gasteiger charge is -2.24. The molecule has 39 heavy (non-hydrogen) atoms. The Labute approximate surface area is 237 Å². The summed E-state index contributed by atoms with van der Waals surface area (Å²) in [6.07, 6.45) is -14.9. The predicted octanol–water partition coefficient (Wildman–Crippen LogP) is 6.26. The Morgan fingerprint density at radius 2 is 1.87 bits per heavy atom. The van der Waals surface area contributed by atoms with Crippen LogP contribution in [0.25, 0.3) is 11.3 Å². The van der Waals surface area contributed by atoms with Gasteiger partial charge in [-0.2, -0.15) is 21.6 Å². The molecule has 0 aliphatic carbocycles. The number of carbonyl (C=O) groups is 1. The van der Waals surface area contributed by atoms with Gasteiger partial charge >= 0.3 is 6.18 Å². The SMILES string of the molecule is [2H]C1([2H])CCCCN(C([2H])([2H])C([2H])([2H])CC(C)=O)c2cccc(n2)S(=O)(=O)Nc2ccc(C(F)(F)F)c(n2)-c2ccccc2C1([2H])[2H]. The largest absolute Gasteiger partial charge is 0.418 e. The Bertz CT molecular complexity index is 1780. The van der Waals surface area contributed by atoms with Crippen molar-refractivity contribution in [3.05, 3.63) is 65.7 Å². The number of nitrogens with one attached hydrogen (secondary N) is 1. The van der Waals surface area contributed by atoms with E-state index in [1.165, 1.54) is 24.3 Å². The van der Waals surface area contributed by atoms with Gasteiger partial charge in [0.15, 0.2) is 5.03 Å². The van der Waals surface area contributed by atoms with E-state index in [0.29, 0.717) is 6.07 Å². The van der Waals surface area contributed by atoms with Gasteiger partial charge in [-0.15, -0.1) is 0 Å². The first-order valence-corrected chi connectivity index (χ1v) is 13.4. The van der Waals surface area contributed by atoms with Crippen LogP contribution in [0, 0.1) is 0 Å². The molecule has 3 aromatic rings. The van der Waals surface area contributed by atoms with Crippen LogP contribution < -0.4 is 9.62 Å². The molecule has 0 radical (unpaired) electrons. The zero-order valence-electron chi connectivity index (χ0n) is 28.8. The highest BCUT2D eigenvalue weighted by atomic mass is 32.2. The molecule has 0 spiro atoms. The van der Waals surface area contributed by atoms with Crippen molar-refractivity contribution in [2.45, 2.75) is 62.9 Å². The van der Waals surface area contributed by atoms with Crippen molar-refractivity contribution in [3.63, 3.8) is 0 Å². The number of Topliss-reactive ketones (excluding diaryl/α,β-unsaturated/α-hetero) is 1. The fourth-order valence-corrected chi connectivity index (χ4v) is 4.74. The Hall–Kier alpha value is -3.47. The topological polar surface area (TPSA) is 92.3 Å². The number of anilines is 2. The fraction of sp³-hybridized carbons (Fsp3) is 0.393. The number of alkyl halides is 3. The predicted molar refractivity (Wildman–Crippen MR) is 144 cm³/mol. The maximum Gasteiger partial charge on any atom is 0.418 e. The number of benzene rings is 1. The molecule has 1 aliphatic heterocycles. The quantitative estimate of drug-likeness (QED) is 0.400. The molecular weight excluding hydrogens is 529 g/mol. The van der Waals surface area contributed by atoms with Crippen LogP contribution in [0.4, 0.5) is 24.8 Å². The van der Waals surface area contributed by atoms with Crippen LogP contribution in [0.5, 0.6) is 0 Å². The van der Waals surface area contributed by atoms with E-state index in [0.717, 1.165) is 36.1 Å². The van der Waals surface area contributed by atoms with Gasteiger partial charge in [-0.25, -0.2) is 9.97 Å². The lowest BCUT2D eigenvalue weighted by Crippen LogP contribution is -2.28. The van der Waals surface area contributed by atoms with Crippen molar-refractivity contribution >= 4 is 27.4 Å². The molecule has 4 bridgehead atoms. The Morgan fingerprint density at radius 3 is 2.64 bits per heavy atom. The monoisotopic (exact) mass is 568 g/mol. The molecule has 208 valence electrons. The standard InChI is InChI=1S/C28H31F3N4O3S/c1-20(36)10-9-19-35-18-7-3-2-4-11-21-12-5-6-13-22(21)27-23(28(29,30)31)16-17-24(32-27)34-39(37,38)26-15-8-14-25(35)33-26/h5-6,8,12-17H,2-4,7,9-11,18-19H2,1H3,(H,32,34)/i4D2,9D2,11D2,19D2. The minimum Gasteiger partial charge on any atom is -0.357 e. The Balaban J connectivity index is 1.96. The maximum atomic E-state index is 14.2. The number of nitrogens with zero attached hydrogens (tertiary/aromatic N) is 3. The highest BCUT2D eigenvalue weighted by molar-refractivity contribution is 7.92. The molecule has 0 fully saturated rings. The number of aromatic nitrogens is 2. The van der Waals surface area contributed by atoms with E-state index in [4.69, 9.17) is 11.0 Å². The second kappa shape index (κ2) is 12.1. The molecule has 0 saturated heterocycles. The first-order chi connectivity index (χ1) is 21.5. The van der Waals surface area contributed by atoms with Crippen molar-refractivity contribution in [2.75, 3.05) is 22.7 Å². The van der Waals surface area contributed by atoms with Crippen LogP contribution >= 0.6 is 0 Å². The summed E-state index contributed by atoms with van der Waals surface area (Å²) in [6, 6.07) is 9.64. The van der Waals surface area contributed by atoms with Crippen molar-refractivity contribution in [3.8, 4) is 11.3 Å². The summed E-state index contributed by atoms with van der Waals surface area (Å²) in [5, 5.41) is -0.705. The summed E-state index contributed by atoms with van der Waals surface area (Å²) in [7, 11) is -4.72. The average molecular weight is 569 g/mol. The first-order valence-electron chi connectivity index (χ1n) is 16.0. The number of hydrogen-bond donors (Lipinski definition) is 1. The van der Waals surface area contributed by atoms with Crippen molar-refractivity contribution in [1.29, 1.82) is 0 Å². The van der Waals surface area contributed by atoms with E-state index >= 15 is 0 Å². The summed E-state index contributed by atoms with van der Waals surface area (Å²) in [5.41, 5.74) is -3.03. The highest BCUT2D eigenvalue weighted by Gasteiger charge is 2.35. The number of fused-ring (bicyclic) bond motifs is 6. The smallest absolute Gasteiger partial charge is 0.357 e. The van der Waals surface area contributed by atoms with Gasteiger partial charge in [-0.3, -0.25) is 4.72 Å². The molecular formula is C28H31F3N4O3S. The minimum absolute atomic E-state index is 0.0790. The molecule has 1 aromatic carbocycles. The Morgan fingerprint density at radius 1 is 1.08 bits per heavy atom. The van der Waals surface area contributed by atoms with Gasteiger partial charge < -0.3 is 9.69 Å². The van der Waals surface area contributed by atoms with Crippen molar-refractivity contribution in [2.24, 2.45) is 0 Å². The fourth-order valence-electron chi connectivity index (χ4n) is 3.77. The molecule has 1 N–H and O–H groups in total. The number of hydrogen-bond acceptors (Lipinski definition) is 6. The van der Waals surface area contributed by atoms with Crippen LogP contribution in [0.1, 0.15) is 67.4 Å². The zero-order valence-corrected chi connectivity index (χ0v) is 21.7. The summed E-state index contributed by atoms with van der Waals surface area (Å²) in [6.45, 7) is -2.24. The molecule has 4 rings (SSSR count). The average Bonchev–Trinajstić information content (AvgIpc) is 2.95. The van der Waals surface area contributed by atoms with E-state index in [9.17, 15) is 26.4 Å². The number of ketones is 1. The summed E-state index contributed by atoms with van der Waals surface area (Å²) >= 11 is 0. The van der Waals surface area contributed by atoms with Crippen LogP contribution in [-0.2, 0) is 27.4 Å². The third-order valence-electron chi connectivity index (χ3n) is 5.59. The molecule has 0 amide bonds. The molecule has 0 saturated carbocycles. The van der Waals surface area contributed by atoms with Gasteiger partial charge in [0, 0.05) is 36.0 Å². The van der Waals surface area contributed by atoms with E-state index in [1.807, 2.05) is 4.72 Å². The zero-order chi connectivity index (χ0) is 35.2. The van der Waals surface area contributed by atoms with E-state index in [1.54, 1.807) is 0 Å². The molecule has 1 aliphatic rings. The van der Waals surface area contributed by atoms with E-state index < -0.39 is 93.7 Å². The molecule has 2 aromatic heterocycles. The second-order valence-electron chi connectivity index (χ2n) is 8.65. The summed E-state index contributed by atoms with van der Waals surface area (Å²) < 4.78 is 141. The third kappa shape index (κ3) is 7.35. The molecule has 0 unspecified atom stereocenters. The normalized spacial score (nSPS) is 22.4. The van der Waals surface area contributed by atoms with Crippen molar-refractivity contribution < 1.29 is 37.3 Å². The van der Waals surface area contributed by atoms with Crippen molar-refractivity contribution in [1.82, 2.24) is 9.97 Å². The number of sulfonamides is 1. The highest BCUT2D eigenvalue weighted by Crippen LogP contribution is 2.38. The van der Waals surface area contributed by atoms with Crippen LogP contribution in [-0.4, -0.2) is 37.2 Å². The van der Waals surface area contributed by atoms with Gasteiger partial charge in [-0.05, 0) is 62.3 Å². The van der Waals surface area contributed by atoms with Gasteiger partial charge in [0.1, 0.15) is 17.4 Å². The van der Waals surface area contributed by atoms with E-state index in [-0.39, 0.29) is 25.2 Å². The van der Waals surface area contributed by atoms with Gasteiger partial charge in [-0.1, -0.05) is 43.2 Å². The number of pyridine rings is 2. The number of rotatable bonds is 4. The van der Waals surface area contributed by atoms with Crippen LogP contribution in [0.3, 0.4) is 0 Å². The molecule has 3 heterocycles. The van der Waals surface area contributed by atoms with Gasteiger partial charge in [0.2, 0.25) is 0 Å². The number of halogens is 3. The molecule has 7 nitrogen and oxygen atoms in total. The summed E-state index contributed by atoms with van der Waals surface area (Å²) in [4.78, 5) is 20.6. The molecule has 0 atom stereocenters. The first kappa shape index (κ1) is 19.6.